The maximum atomic E-state index is 10.9. The Labute approximate surface area is 106 Å². The molecule has 0 aliphatic carbocycles. The number of carboxylic acid groups (broad SMARTS) is 1. The van der Waals surface area contributed by atoms with Crippen molar-refractivity contribution in [2.24, 2.45) is 0 Å². The van der Waals surface area contributed by atoms with E-state index < -0.39 is 5.97 Å². The van der Waals surface area contributed by atoms with Crippen molar-refractivity contribution in [1.82, 2.24) is 9.88 Å². The zero-order valence-corrected chi connectivity index (χ0v) is 11.5. The maximum Gasteiger partial charge on any atom is 0.355 e. The number of carboxylic acids is 1. The normalized spacial score (nSPS) is 10.9. The molecule has 1 aromatic rings. The molecule has 0 atom stereocenters. The quantitative estimate of drug-likeness (QED) is 0.837. The molecule has 0 aliphatic rings. The van der Waals surface area contributed by atoms with Crippen molar-refractivity contribution in [3.63, 3.8) is 0 Å². The van der Waals surface area contributed by atoms with Gasteiger partial charge in [-0.1, -0.05) is 0 Å². The van der Waals surface area contributed by atoms with Gasteiger partial charge >= 0.3 is 5.97 Å². The Balaban J connectivity index is 2.60. The van der Waals surface area contributed by atoms with Gasteiger partial charge in [-0.3, -0.25) is 0 Å². The van der Waals surface area contributed by atoms with Crippen LogP contribution in [0.4, 0.5) is 5.13 Å². The molecule has 0 aliphatic heterocycles. The maximum absolute atomic E-state index is 10.9. The van der Waals surface area contributed by atoms with Crippen molar-refractivity contribution in [2.45, 2.75) is 13.3 Å². The van der Waals surface area contributed by atoms with E-state index in [0.29, 0.717) is 0 Å². The van der Waals surface area contributed by atoms with Crippen LogP contribution in [-0.2, 0) is 0 Å². The summed E-state index contributed by atoms with van der Waals surface area (Å²) in [6, 6.07) is 0. The average molecular weight is 257 g/mol. The molecule has 1 rings (SSSR count). The Morgan fingerprint density at radius 1 is 1.35 bits per heavy atom. The highest BCUT2D eigenvalue weighted by molar-refractivity contribution is 7.15. The average Bonchev–Trinajstić information content (AvgIpc) is 2.59. The first kappa shape index (κ1) is 13.9. The van der Waals surface area contributed by atoms with Crippen LogP contribution in [0.25, 0.3) is 0 Å². The van der Waals surface area contributed by atoms with Gasteiger partial charge in [0.2, 0.25) is 0 Å². The van der Waals surface area contributed by atoms with Crippen LogP contribution in [-0.4, -0.2) is 55.2 Å². The molecule has 0 saturated heterocycles. The van der Waals surface area contributed by atoms with Gasteiger partial charge in [0.25, 0.3) is 0 Å². The van der Waals surface area contributed by atoms with Crippen molar-refractivity contribution in [1.29, 1.82) is 0 Å². The summed E-state index contributed by atoms with van der Waals surface area (Å²) in [5, 5.41) is 9.71. The SMILES string of the molecule is Cc1sc(N(C)CCCN(C)C)nc1C(=O)O. The minimum absolute atomic E-state index is 0.171. The van der Waals surface area contributed by atoms with E-state index in [4.69, 9.17) is 5.11 Å². The summed E-state index contributed by atoms with van der Waals surface area (Å²) in [6.07, 6.45) is 1.03. The van der Waals surface area contributed by atoms with Crippen molar-refractivity contribution >= 4 is 22.4 Å². The number of carbonyl (C=O) groups is 1. The van der Waals surface area contributed by atoms with Gasteiger partial charge < -0.3 is 14.9 Å². The number of aryl methyl sites for hydroxylation is 1. The lowest BCUT2D eigenvalue weighted by Crippen LogP contribution is -2.23. The number of rotatable bonds is 6. The Bertz CT molecular complexity index is 390. The molecule has 1 N–H and O–H groups in total. The van der Waals surface area contributed by atoms with E-state index in [1.807, 2.05) is 26.0 Å². The van der Waals surface area contributed by atoms with Crippen LogP contribution in [0, 0.1) is 6.92 Å². The molecule has 0 saturated carbocycles. The van der Waals surface area contributed by atoms with E-state index >= 15 is 0 Å². The Morgan fingerprint density at radius 2 is 2.00 bits per heavy atom. The summed E-state index contributed by atoms with van der Waals surface area (Å²) in [7, 11) is 6.02. The molecular formula is C11H19N3O2S. The number of aromatic carboxylic acids is 1. The fourth-order valence-electron chi connectivity index (χ4n) is 1.46. The van der Waals surface area contributed by atoms with Crippen LogP contribution in [0.2, 0.25) is 0 Å². The van der Waals surface area contributed by atoms with Gasteiger partial charge in [0.05, 0.1) is 0 Å². The summed E-state index contributed by atoms with van der Waals surface area (Å²) in [5.74, 6) is -0.952. The van der Waals surface area contributed by atoms with Crippen LogP contribution >= 0.6 is 11.3 Å². The monoisotopic (exact) mass is 257 g/mol. The first-order chi connectivity index (χ1) is 7.91. The van der Waals surface area contributed by atoms with Crippen LogP contribution in [0.1, 0.15) is 21.8 Å². The van der Waals surface area contributed by atoms with Crippen molar-refractivity contribution in [3.05, 3.63) is 10.6 Å². The summed E-state index contributed by atoms with van der Waals surface area (Å²) in [5.41, 5.74) is 0.171. The summed E-state index contributed by atoms with van der Waals surface area (Å²) in [4.78, 5) is 19.9. The van der Waals surface area contributed by atoms with Gasteiger partial charge in [-0.25, -0.2) is 9.78 Å². The molecule has 96 valence electrons. The van der Waals surface area contributed by atoms with Crippen molar-refractivity contribution in [3.8, 4) is 0 Å². The molecule has 1 aromatic heterocycles. The molecule has 0 aromatic carbocycles. The molecule has 0 spiro atoms. The second-order valence-electron chi connectivity index (χ2n) is 4.28. The fraction of sp³-hybridized carbons (Fsp3) is 0.636. The lowest BCUT2D eigenvalue weighted by atomic mass is 10.4. The Hall–Kier alpha value is -1.14. The van der Waals surface area contributed by atoms with E-state index in [-0.39, 0.29) is 5.69 Å². The number of aromatic nitrogens is 1. The number of anilines is 1. The van der Waals surface area contributed by atoms with Gasteiger partial charge in [-0.2, -0.15) is 0 Å². The summed E-state index contributed by atoms with van der Waals surface area (Å²) < 4.78 is 0. The molecule has 5 nitrogen and oxygen atoms in total. The number of thiazole rings is 1. The predicted octanol–water partition coefficient (Wildman–Crippen LogP) is 1.54. The van der Waals surface area contributed by atoms with Gasteiger partial charge in [0.1, 0.15) is 0 Å². The van der Waals surface area contributed by atoms with Crippen molar-refractivity contribution in [2.75, 3.05) is 39.1 Å². The molecule has 6 heteroatoms. The highest BCUT2D eigenvalue weighted by Gasteiger charge is 2.15. The highest BCUT2D eigenvalue weighted by atomic mass is 32.1. The second-order valence-corrected chi connectivity index (χ2v) is 5.47. The van der Waals surface area contributed by atoms with Crippen LogP contribution in [0.5, 0.6) is 0 Å². The first-order valence-corrected chi connectivity index (χ1v) is 6.30. The smallest absolute Gasteiger partial charge is 0.355 e. The number of hydrogen-bond donors (Lipinski definition) is 1. The van der Waals surface area contributed by atoms with Gasteiger partial charge in [0, 0.05) is 18.5 Å². The van der Waals surface area contributed by atoms with Crippen LogP contribution in [0.3, 0.4) is 0 Å². The third kappa shape index (κ3) is 3.98. The first-order valence-electron chi connectivity index (χ1n) is 5.48. The topological polar surface area (TPSA) is 56.7 Å². The van der Waals surface area contributed by atoms with Crippen LogP contribution in [0.15, 0.2) is 0 Å². The highest BCUT2D eigenvalue weighted by Crippen LogP contribution is 2.24. The second kappa shape index (κ2) is 5.97. The zero-order chi connectivity index (χ0) is 13.0. The summed E-state index contributed by atoms with van der Waals surface area (Å²) >= 11 is 1.43. The van der Waals surface area contributed by atoms with Crippen LogP contribution < -0.4 is 4.90 Å². The van der Waals surface area contributed by atoms with E-state index in [0.717, 1.165) is 29.5 Å². The van der Waals surface area contributed by atoms with E-state index in [1.165, 1.54) is 11.3 Å². The third-order valence-corrected chi connectivity index (χ3v) is 3.50. The molecule has 0 bridgehead atoms. The number of hydrogen-bond acceptors (Lipinski definition) is 5. The van der Waals surface area contributed by atoms with Gasteiger partial charge in [-0.05, 0) is 34.0 Å². The molecule has 0 amide bonds. The Kier molecular flexibility index (Phi) is 4.89. The lowest BCUT2D eigenvalue weighted by molar-refractivity contribution is 0.0690. The predicted molar refractivity (Wildman–Crippen MR) is 70.3 cm³/mol. The minimum atomic E-state index is -0.952. The molecule has 0 radical (unpaired) electrons. The van der Waals surface area contributed by atoms with Gasteiger partial charge in [0.15, 0.2) is 10.8 Å². The van der Waals surface area contributed by atoms with Crippen molar-refractivity contribution < 1.29 is 9.90 Å². The molecule has 0 unspecified atom stereocenters. The zero-order valence-electron chi connectivity index (χ0n) is 10.7. The molecule has 0 fully saturated rings. The Morgan fingerprint density at radius 3 is 2.47 bits per heavy atom. The molecular weight excluding hydrogens is 238 g/mol. The molecule has 17 heavy (non-hydrogen) atoms. The van der Waals surface area contributed by atoms with E-state index in [1.54, 1.807) is 6.92 Å². The number of nitrogens with zero attached hydrogens (tertiary/aromatic N) is 3. The van der Waals surface area contributed by atoms with Gasteiger partial charge in [-0.15, -0.1) is 11.3 Å². The lowest BCUT2D eigenvalue weighted by Gasteiger charge is -2.17. The minimum Gasteiger partial charge on any atom is -0.476 e. The summed E-state index contributed by atoms with van der Waals surface area (Å²) in [6.45, 7) is 3.68. The molecule has 1 heterocycles. The third-order valence-electron chi connectivity index (χ3n) is 2.41. The van der Waals surface area contributed by atoms with E-state index in [9.17, 15) is 4.79 Å². The standard InChI is InChI=1S/C11H19N3O2S/c1-8-9(10(15)16)12-11(17-8)14(4)7-5-6-13(2)3/h5-7H2,1-4H3,(H,15,16). The fourth-order valence-corrected chi connectivity index (χ4v) is 2.35. The largest absolute Gasteiger partial charge is 0.476 e. The van der Waals surface area contributed by atoms with E-state index in [2.05, 4.69) is 9.88 Å².